The summed E-state index contributed by atoms with van der Waals surface area (Å²) in [4.78, 5) is 15.7. The molecule has 1 amide bonds. The SMILES string of the molecule is Cc1ccc(C(=O)NN=CC=Cc2ccco2)cn1. The Kier molecular flexibility index (Phi) is 4.23. The number of aryl methyl sites for hydroxylation is 1. The number of hydrazone groups is 1. The molecule has 19 heavy (non-hydrogen) atoms. The monoisotopic (exact) mass is 255 g/mol. The zero-order chi connectivity index (χ0) is 13.5. The summed E-state index contributed by atoms with van der Waals surface area (Å²) >= 11 is 0. The number of allylic oxidation sites excluding steroid dienone is 1. The summed E-state index contributed by atoms with van der Waals surface area (Å²) in [6.07, 6.45) is 7.99. The molecule has 0 aliphatic rings. The number of carbonyl (C=O) groups excluding carboxylic acids is 1. The van der Waals surface area contributed by atoms with Gasteiger partial charge in [-0.05, 0) is 43.3 Å². The molecule has 0 aliphatic heterocycles. The van der Waals surface area contributed by atoms with E-state index in [0.717, 1.165) is 11.5 Å². The number of furan rings is 1. The van der Waals surface area contributed by atoms with Crippen molar-refractivity contribution in [2.24, 2.45) is 5.10 Å². The average Bonchev–Trinajstić information content (AvgIpc) is 2.92. The molecule has 5 nitrogen and oxygen atoms in total. The van der Waals surface area contributed by atoms with Gasteiger partial charge in [0.05, 0.1) is 11.8 Å². The van der Waals surface area contributed by atoms with Crippen LogP contribution in [-0.4, -0.2) is 17.1 Å². The second kappa shape index (κ2) is 6.30. The van der Waals surface area contributed by atoms with Gasteiger partial charge in [0.25, 0.3) is 5.91 Å². The van der Waals surface area contributed by atoms with E-state index >= 15 is 0 Å². The first-order valence-corrected chi connectivity index (χ1v) is 5.72. The second-order valence-corrected chi connectivity index (χ2v) is 3.78. The van der Waals surface area contributed by atoms with Crippen LogP contribution in [0.1, 0.15) is 21.8 Å². The third kappa shape index (κ3) is 3.92. The van der Waals surface area contributed by atoms with Gasteiger partial charge in [0.15, 0.2) is 0 Å². The lowest BCUT2D eigenvalue weighted by molar-refractivity contribution is 0.0955. The maximum atomic E-state index is 11.6. The predicted molar refractivity (Wildman–Crippen MR) is 72.7 cm³/mol. The van der Waals surface area contributed by atoms with Crippen molar-refractivity contribution in [1.82, 2.24) is 10.4 Å². The van der Waals surface area contributed by atoms with Crippen LogP contribution in [0, 0.1) is 6.92 Å². The molecule has 1 N–H and O–H groups in total. The van der Waals surface area contributed by atoms with Crippen molar-refractivity contribution >= 4 is 18.2 Å². The first-order valence-electron chi connectivity index (χ1n) is 5.72. The lowest BCUT2D eigenvalue weighted by Gasteiger charge is -1.98. The average molecular weight is 255 g/mol. The van der Waals surface area contributed by atoms with Gasteiger partial charge in [-0.15, -0.1) is 0 Å². The Hall–Kier alpha value is -2.69. The third-order valence-corrected chi connectivity index (χ3v) is 2.30. The van der Waals surface area contributed by atoms with Gasteiger partial charge in [0.1, 0.15) is 5.76 Å². The molecule has 0 spiro atoms. The van der Waals surface area contributed by atoms with Crippen LogP contribution in [0.4, 0.5) is 0 Å². The van der Waals surface area contributed by atoms with Gasteiger partial charge in [0, 0.05) is 18.1 Å². The Bertz CT molecular complexity index is 584. The molecule has 96 valence electrons. The molecule has 2 aromatic rings. The molecule has 0 atom stereocenters. The van der Waals surface area contributed by atoms with E-state index in [1.807, 2.05) is 13.0 Å². The quantitative estimate of drug-likeness (QED) is 0.673. The van der Waals surface area contributed by atoms with Crippen molar-refractivity contribution in [2.45, 2.75) is 6.92 Å². The van der Waals surface area contributed by atoms with E-state index in [2.05, 4.69) is 15.5 Å². The molecule has 0 unspecified atom stereocenters. The minimum atomic E-state index is -0.296. The van der Waals surface area contributed by atoms with Crippen molar-refractivity contribution in [3.05, 3.63) is 59.8 Å². The number of amides is 1. The highest BCUT2D eigenvalue weighted by atomic mass is 16.3. The zero-order valence-electron chi connectivity index (χ0n) is 10.4. The van der Waals surface area contributed by atoms with Crippen molar-refractivity contribution in [3.63, 3.8) is 0 Å². The van der Waals surface area contributed by atoms with Crippen molar-refractivity contribution in [2.75, 3.05) is 0 Å². The summed E-state index contributed by atoms with van der Waals surface area (Å²) in [5, 5.41) is 3.79. The van der Waals surface area contributed by atoms with Crippen LogP contribution >= 0.6 is 0 Å². The van der Waals surface area contributed by atoms with Crippen LogP contribution in [0.3, 0.4) is 0 Å². The van der Waals surface area contributed by atoms with Gasteiger partial charge in [-0.25, -0.2) is 5.43 Å². The van der Waals surface area contributed by atoms with Gasteiger partial charge >= 0.3 is 0 Å². The molecule has 0 aromatic carbocycles. The van der Waals surface area contributed by atoms with Crippen LogP contribution in [0.2, 0.25) is 0 Å². The molecule has 0 saturated heterocycles. The fraction of sp³-hybridized carbons (Fsp3) is 0.0714. The number of nitrogens with one attached hydrogen (secondary N) is 1. The molecule has 0 aliphatic carbocycles. The molecule has 0 fully saturated rings. The molecule has 0 radical (unpaired) electrons. The Balaban J connectivity index is 1.85. The topological polar surface area (TPSA) is 67.5 Å². The predicted octanol–water partition coefficient (Wildman–Crippen LogP) is 2.41. The molecule has 2 heterocycles. The lowest BCUT2D eigenvalue weighted by atomic mass is 10.2. The zero-order valence-corrected chi connectivity index (χ0v) is 10.4. The number of pyridine rings is 1. The Morgan fingerprint density at radius 2 is 2.32 bits per heavy atom. The third-order valence-electron chi connectivity index (χ3n) is 2.30. The maximum absolute atomic E-state index is 11.6. The van der Waals surface area contributed by atoms with Gasteiger partial charge in [0.2, 0.25) is 0 Å². The number of carbonyl (C=O) groups is 1. The van der Waals surface area contributed by atoms with Gasteiger partial charge in [-0.1, -0.05) is 0 Å². The molecule has 5 heteroatoms. The van der Waals surface area contributed by atoms with Gasteiger partial charge in [-0.2, -0.15) is 5.10 Å². The number of aromatic nitrogens is 1. The van der Waals surface area contributed by atoms with Crippen molar-refractivity contribution in [1.29, 1.82) is 0 Å². The smallest absolute Gasteiger partial charge is 0.272 e. The first-order chi connectivity index (χ1) is 9.25. The van der Waals surface area contributed by atoms with E-state index in [1.54, 1.807) is 36.6 Å². The number of hydrogen-bond donors (Lipinski definition) is 1. The van der Waals surface area contributed by atoms with Crippen molar-refractivity contribution < 1.29 is 9.21 Å². The number of rotatable bonds is 4. The lowest BCUT2D eigenvalue weighted by Crippen LogP contribution is -2.17. The van der Waals surface area contributed by atoms with Gasteiger partial charge < -0.3 is 4.42 Å². The summed E-state index contributed by atoms with van der Waals surface area (Å²) in [5.41, 5.74) is 3.74. The Labute approximate surface area is 110 Å². The molecular weight excluding hydrogens is 242 g/mol. The molecule has 0 saturated carbocycles. The molecular formula is C14H13N3O2. The van der Waals surface area contributed by atoms with Crippen LogP contribution in [0.15, 0.2) is 52.3 Å². The standard InChI is InChI=1S/C14H13N3O2/c1-11-6-7-12(10-15-11)14(18)17-16-8-2-4-13-5-3-9-19-13/h2-10H,1H3,(H,17,18). The molecule has 2 rings (SSSR count). The van der Waals surface area contributed by atoms with Crippen molar-refractivity contribution in [3.8, 4) is 0 Å². The number of hydrogen-bond acceptors (Lipinski definition) is 4. The summed E-state index contributed by atoms with van der Waals surface area (Å²) in [6.45, 7) is 1.86. The second-order valence-electron chi connectivity index (χ2n) is 3.78. The van der Waals surface area contributed by atoms with E-state index in [9.17, 15) is 4.79 Å². The maximum Gasteiger partial charge on any atom is 0.272 e. The highest BCUT2D eigenvalue weighted by molar-refractivity contribution is 5.94. The summed E-state index contributed by atoms with van der Waals surface area (Å²) in [6, 6.07) is 7.09. The van der Waals surface area contributed by atoms with E-state index in [1.165, 1.54) is 12.4 Å². The highest BCUT2D eigenvalue weighted by Gasteiger charge is 2.02. The normalized spacial score (nSPS) is 11.2. The minimum Gasteiger partial charge on any atom is -0.465 e. The largest absolute Gasteiger partial charge is 0.465 e. The van der Waals surface area contributed by atoms with E-state index in [0.29, 0.717) is 5.56 Å². The minimum absolute atomic E-state index is 0.296. The van der Waals surface area contributed by atoms with Crippen LogP contribution in [-0.2, 0) is 0 Å². The summed E-state index contributed by atoms with van der Waals surface area (Å²) in [7, 11) is 0. The molecule has 0 bridgehead atoms. The van der Waals surface area contributed by atoms with E-state index < -0.39 is 0 Å². The first kappa shape index (κ1) is 12.8. The summed E-state index contributed by atoms with van der Waals surface area (Å²) < 4.78 is 5.10. The van der Waals surface area contributed by atoms with Crippen LogP contribution < -0.4 is 5.43 Å². The van der Waals surface area contributed by atoms with Gasteiger partial charge in [-0.3, -0.25) is 9.78 Å². The molecule has 2 aromatic heterocycles. The highest BCUT2D eigenvalue weighted by Crippen LogP contribution is 2.01. The van der Waals surface area contributed by atoms with Crippen LogP contribution in [0.5, 0.6) is 0 Å². The Morgan fingerprint density at radius 1 is 1.42 bits per heavy atom. The summed E-state index contributed by atoms with van der Waals surface area (Å²) in [5.74, 6) is 0.427. The van der Waals surface area contributed by atoms with E-state index in [4.69, 9.17) is 4.42 Å². The number of nitrogens with zero attached hydrogens (tertiary/aromatic N) is 2. The fourth-order valence-corrected chi connectivity index (χ4v) is 1.33. The van der Waals surface area contributed by atoms with E-state index in [-0.39, 0.29) is 5.91 Å². The Morgan fingerprint density at radius 3 is 3.00 bits per heavy atom. The van der Waals surface area contributed by atoms with Crippen LogP contribution in [0.25, 0.3) is 6.08 Å². The fourth-order valence-electron chi connectivity index (χ4n) is 1.33.